The minimum atomic E-state index is -0.655. The summed E-state index contributed by atoms with van der Waals surface area (Å²) in [5.41, 5.74) is 1.77. The second-order valence-corrected chi connectivity index (χ2v) is 9.12. The summed E-state index contributed by atoms with van der Waals surface area (Å²) in [7, 11) is 0. The molecule has 1 fully saturated rings. The number of nitrogens with zero attached hydrogens (tertiary/aromatic N) is 5. The van der Waals surface area contributed by atoms with Gasteiger partial charge in [-0.1, -0.05) is 6.08 Å². The average Bonchev–Trinajstić information content (AvgIpc) is 3.60. The molecule has 0 spiro atoms. The Bertz CT molecular complexity index is 1470. The van der Waals surface area contributed by atoms with E-state index in [0.717, 1.165) is 38.3 Å². The van der Waals surface area contributed by atoms with Crippen LogP contribution in [0.1, 0.15) is 6.92 Å². The molecule has 3 aromatic heterocycles. The van der Waals surface area contributed by atoms with Gasteiger partial charge in [0.1, 0.15) is 5.75 Å². The number of fused-ring (bicyclic) bond motifs is 1. The Kier molecular flexibility index (Phi) is 6.38. The number of nitrogens with one attached hydrogen (secondary N) is 1. The zero-order chi connectivity index (χ0) is 25.2. The highest BCUT2D eigenvalue weighted by molar-refractivity contribution is 7.22. The van der Waals surface area contributed by atoms with Crippen LogP contribution in [0.4, 0.5) is 19.7 Å². The van der Waals surface area contributed by atoms with E-state index in [9.17, 15) is 14.0 Å². The van der Waals surface area contributed by atoms with E-state index >= 15 is 0 Å². The molecule has 1 aromatic carbocycles. The van der Waals surface area contributed by atoms with Crippen molar-refractivity contribution in [3.63, 3.8) is 0 Å². The highest BCUT2D eigenvalue weighted by Crippen LogP contribution is 2.39. The van der Waals surface area contributed by atoms with Crippen LogP contribution in [0.15, 0.2) is 61.7 Å². The minimum absolute atomic E-state index is 0.000108. The lowest BCUT2D eigenvalue weighted by atomic mass is 10.3. The molecule has 184 valence electrons. The smallest absolute Gasteiger partial charge is 0.330 e. The van der Waals surface area contributed by atoms with Gasteiger partial charge in [-0.25, -0.2) is 23.9 Å². The number of imide groups is 1. The van der Waals surface area contributed by atoms with Crippen molar-refractivity contribution < 1.29 is 18.7 Å². The molecule has 0 bridgehead atoms. The Balaban J connectivity index is 1.32. The van der Waals surface area contributed by atoms with Crippen molar-refractivity contribution in [3.8, 4) is 22.1 Å². The monoisotopic (exact) mass is 506 g/mol. The number of thiophene rings is 1. The van der Waals surface area contributed by atoms with Crippen LogP contribution in [0, 0.1) is 5.82 Å². The Labute approximate surface area is 210 Å². The van der Waals surface area contributed by atoms with E-state index < -0.39 is 17.9 Å². The van der Waals surface area contributed by atoms with E-state index in [1.54, 1.807) is 24.7 Å². The van der Waals surface area contributed by atoms with Crippen LogP contribution in [0.3, 0.4) is 0 Å². The number of carbonyl (C=O) groups is 2. The molecular formula is C25H23FN6O3S. The lowest BCUT2D eigenvalue weighted by Crippen LogP contribution is -2.39. The summed E-state index contributed by atoms with van der Waals surface area (Å²) in [6.45, 7) is 7.50. The molecule has 0 atom stereocenters. The number of hydrogen-bond donors (Lipinski definition) is 1. The maximum absolute atomic E-state index is 14.9. The minimum Gasteiger partial charge on any atom is -0.453 e. The summed E-state index contributed by atoms with van der Waals surface area (Å²) in [4.78, 5) is 37.2. The van der Waals surface area contributed by atoms with Crippen molar-refractivity contribution in [2.45, 2.75) is 13.5 Å². The van der Waals surface area contributed by atoms with Crippen LogP contribution >= 0.6 is 11.3 Å². The SMILES string of the molecule is C=CCN1CCN(C(=O)Nc2ccc(Oc3ccnc4cc(-c5cn(CC)cn5)sc34)c(F)c2)C1=O. The molecule has 5 rings (SSSR count). The number of aromatic nitrogens is 3. The molecular weight excluding hydrogens is 483 g/mol. The van der Waals surface area contributed by atoms with E-state index in [4.69, 9.17) is 4.74 Å². The van der Waals surface area contributed by atoms with Gasteiger partial charge in [-0.15, -0.1) is 17.9 Å². The van der Waals surface area contributed by atoms with Crippen molar-refractivity contribution in [2.75, 3.05) is 25.0 Å². The first-order chi connectivity index (χ1) is 17.5. The largest absolute Gasteiger partial charge is 0.453 e. The fourth-order valence-electron chi connectivity index (χ4n) is 3.85. The molecule has 0 radical (unpaired) electrons. The predicted molar refractivity (Wildman–Crippen MR) is 136 cm³/mol. The van der Waals surface area contributed by atoms with Crippen molar-refractivity contribution in [2.24, 2.45) is 0 Å². The Morgan fingerprint density at radius 1 is 1.25 bits per heavy atom. The van der Waals surface area contributed by atoms with E-state index in [-0.39, 0.29) is 18.0 Å². The zero-order valence-electron chi connectivity index (χ0n) is 19.5. The van der Waals surface area contributed by atoms with Gasteiger partial charge < -0.3 is 19.5 Å². The van der Waals surface area contributed by atoms with Crippen molar-refractivity contribution in [3.05, 3.63) is 67.5 Å². The van der Waals surface area contributed by atoms with E-state index in [1.807, 2.05) is 23.8 Å². The second-order valence-electron chi connectivity index (χ2n) is 8.07. The first kappa shape index (κ1) is 23.5. The van der Waals surface area contributed by atoms with Gasteiger partial charge in [0.2, 0.25) is 0 Å². The summed E-state index contributed by atoms with van der Waals surface area (Å²) in [6, 6.07) is 6.69. The molecule has 0 unspecified atom stereocenters. The molecule has 0 aliphatic carbocycles. The fraction of sp³-hybridized carbons (Fsp3) is 0.200. The van der Waals surface area contributed by atoms with Gasteiger partial charge in [-0.2, -0.15) is 0 Å². The summed E-state index contributed by atoms with van der Waals surface area (Å²) in [6.07, 6.45) is 6.94. The van der Waals surface area contributed by atoms with Crippen LogP contribution in [-0.2, 0) is 6.54 Å². The quantitative estimate of drug-likeness (QED) is 0.331. The second kappa shape index (κ2) is 9.78. The summed E-state index contributed by atoms with van der Waals surface area (Å²) < 4.78 is 23.6. The Morgan fingerprint density at radius 2 is 2.11 bits per heavy atom. The fourth-order valence-corrected chi connectivity index (χ4v) is 4.88. The van der Waals surface area contributed by atoms with E-state index in [1.165, 1.54) is 28.4 Å². The number of amides is 4. The standard InChI is InChI=1S/C25H23FN6O3S/c1-3-9-31-10-11-32(25(31)34)24(33)29-16-5-6-20(17(26)12-16)35-21-7-8-27-18-13-22(36-23(18)21)19-14-30(4-2)15-28-19/h3,5-8,12-15H,1,4,9-11H2,2H3,(H,29,33). The summed E-state index contributed by atoms with van der Waals surface area (Å²) in [5, 5.41) is 2.57. The van der Waals surface area contributed by atoms with Crippen molar-refractivity contribution in [1.29, 1.82) is 0 Å². The van der Waals surface area contributed by atoms with Crippen LogP contribution < -0.4 is 10.1 Å². The van der Waals surface area contributed by atoms with Crippen LogP contribution in [0.25, 0.3) is 20.8 Å². The first-order valence-corrected chi connectivity index (χ1v) is 12.1. The van der Waals surface area contributed by atoms with E-state index in [0.29, 0.717) is 18.8 Å². The van der Waals surface area contributed by atoms with Gasteiger partial charge in [0.05, 0.1) is 27.1 Å². The lowest BCUT2D eigenvalue weighted by Gasteiger charge is -2.17. The maximum Gasteiger partial charge on any atom is 0.330 e. The number of pyridine rings is 1. The normalized spacial score (nSPS) is 13.4. The topological polar surface area (TPSA) is 92.6 Å². The van der Waals surface area contributed by atoms with Gasteiger partial charge in [-0.05, 0) is 25.1 Å². The number of aryl methyl sites for hydroxylation is 1. The molecule has 1 aliphatic rings. The Morgan fingerprint density at radius 3 is 2.86 bits per heavy atom. The number of anilines is 1. The van der Waals surface area contributed by atoms with Crippen molar-refractivity contribution >= 4 is 39.3 Å². The molecule has 36 heavy (non-hydrogen) atoms. The summed E-state index contributed by atoms with van der Waals surface area (Å²) in [5.74, 6) is -0.191. The molecule has 4 heterocycles. The lowest BCUT2D eigenvalue weighted by molar-refractivity contribution is 0.193. The van der Waals surface area contributed by atoms with Crippen molar-refractivity contribution in [1.82, 2.24) is 24.3 Å². The Hall–Kier alpha value is -4.25. The summed E-state index contributed by atoms with van der Waals surface area (Å²) >= 11 is 1.46. The number of halogens is 1. The number of imidazole rings is 1. The molecule has 4 aromatic rings. The third-order valence-electron chi connectivity index (χ3n) is 5.72. The molecule has 11 heteroatoms. The third kappa shape index (κ3) is 4.52. The number of urea groups is 2. The van der Waals surface area contributed by atoms with Crippen LogP contribution in [-0.4, -0.2) is 56.0 Å². The van der Waals surface area contributed by atoms with Gasteiger partial charge in [0, 0.05) is 56.4 Å². The highest BCUT2D eigenvalue weighted by Gasteiger charge is 2.32. The molecule has 1 N–H and O–H groups in total. The number of carbonyl (C=O) groups excluding carboxylic acids is 2. The molecule has 0 saturated carbocycles. The average molecular weight is 507 g/mol. The number of benzene rings is 1. The molecule has 1 saturated heterocycles. The number of hydrogen-bond acceptors (Lipinski definition) is 6. The molecule has 9 nitrogen and oxygen atoms in total. The maximum atomic E-state index is 14.9. The van der Waals surface area contributed by atoms with Gasteiger partial charge in [-0.3, -0.25) is 4.98 Å². The van der Waals surface area contributed by atoms with E-state index in [2.05, 4.69) is 21.9 Å². The third-order valence-corrected chi connectivity index (χ3v) is 6.88. The van der Waals surface area contributed by atoms with Crippen LogP contribution in [0.5, 0.6) is 11.5 Å². The van der Waals surface area contributed by atoms with Gasteiger partial charge >= 0.3 is 12.1 Å². The molecule has 4 amide bonds. The molecule has 1 aliphatic heterocycles. The van der Waals surface area contributed by atoms with Gasteiger partial charge in [0.25, 0.3) is 0 Å². The number of ether oxygens (including phenoxy) is 1. The highest BCUT2D eigenvalue weighted by atomic mass is 32.1. The predicted octanol–water partition coefficient (Wildman–Crippen LogP) is 5.57. The first-order valence-electron chi connectivity index (χ1n) is 11.3. The van der Waals surface area contributed by atoms with Gasteiger partial charge in [0.15, 0.2) is 11.6 Å². The number of rotatable bonds is 7. The van der Waals surface area contributed by atoms with Crippen LogP contribution in [0.2, 0.25) is 0 Å². The zero-order valence-corrected chi connectivity index (χ0v) is 20.3.